The molecule has 2 atom stereocenters. The molecular formula is C23H38N4O2. The number of amides is 2. The topological polar surface area (TPSA) is 56.8 Å². The van der Waals surface area contributed by atoms with Crippen LogP contribution in [0.15, 0.2) is 30.3 Å². The maximum absolute atomic E-state index is 12.3. The fourth-order valence-corrected chi connectivity index (χ4v) is 4.38. The van der Waals surface area contributed by atoms with Crippen molar-refractivity contribution in [2.24, 2.45) is 5.92 Å². The van der Waals surface area contributed by atoms with Crippen LogP contribution in [0.3, 0.4) is 0 Å². The summed E-state index contributed by atoms with van der Waals surface area (Å²) in [5, 5.41) is 6.10. The minimum Gasteiger partial charge on any atom is -0.374 e. The number of rotatable bonds is 8. The van der Waals surface area contributed by atoms with Crippen LogP contribution >= 0.6 is 0 Å². The first-order valence-corrected chi connectivity index (χ1v) is 11.2. The van der Waals surface area contributed by atoms with E-state index in [0.29, 0.717) is 25.0 Å². The molecule has 2 aliphatic rings. The Morgan fingerprint density at radius 2 is 1.93 bits per heavy atom. The van der Waals surface area contributed by atoms with Gasteiger partial charge < -0.3 is 15.4 Å². The smallest absolute Gasteiger partial charge is 0.314 e. The predicted octanol–water partition coefficient (Wildman–Crippen LogP) is 2.70. The third-order valence-electron chi connectivity index (χ3n) is 5.81. The average Bonchev–Trinajstić information content (AvgIpc) is 2.72. The second-order valence-electron chi connectivity index (χ2n) is 8.84. The van der Waals surface area contributed by atoms with Gasteiger partial charge in [-0.05, 0) is 30.9 Å². The molecule has 2 aliphatic heterocycles. The van der Waals surface area contributed by atoms with Gasteiger partial charge in [-0.15, -0.1) is 0 Å². The van der Waals surface area contributed by atoms with Gasteiger partial charge in [-0.25, -0.2) is 4.79 Å². The van der Waals surface area contributed by atoms with E-state index in [1.807, 2.05) is 0 Å². The van der Waals surface area contributed by atoms with Crippen LogP contribution in [0, 0.1) is 5.92 Å². The summed E-state index contributed by atoms with van der Waals surface area (Å²) < 4.78 is 5.83. The molecule has 1 aromatic carbocycles. The molecule has 0 bridgehead atoms. The van der Waals surface area contributed by atoms with Crippen LogP contribution in [0.2, 0.25) is 0 Å². The lowest BCUT2D eigenvalue weighted by molar-refractivity contribution is -0.0290. The Hall–Kier alpha value is -1.63. The third-order valence-corrected chi connectivity index (χ3v) is 5.81. The van der Waals surface area contributed by atoms with Crippen LogP contribution in [-0.2, 0) is 11.3 Å². The number of carbonyl (C=O) groups is 1. The standard InChI is InChI=1S/C23H38N4O2/c1-19(2)16-26-12-13-29-22(18-26)15-25-23(28)24-14-21-10-6-7-11-27(21)17-20-8-4-3-5-9-20/h3-5,8-9,19,21-22H,6-7,10-18H2,1-2H3,(H2,24,25,28). The fourth-order valence-electron chi connectivity index (χ4n) is 4.38. The monoisotopic (exact) mass is 402 g/mol. The summed E-state index contributed by atoms with van der Waals surface area (Å²) in [5.41, 5.74) is 1.34. The molecule has 6 nitrogen and oxygen atoms in total. The number of likely N-dealkylation sites (tertiary alicyclic amines) is 1. The maximum Gasteiger partial charge on any atom is 0.314 e. The molecule has 29 heavy (non-hydrogen) atoms. The van der Waals surface area contributed by atoms with Gasteiger partial charge in [0.1, 0.15) is 0 Å². The van der Waals surface area contributed by atoms with Crippen LogP contribution in [0.5, 0.6) is 0 Å². The van der Waals surface area contributed by atoms with E-state index in [2.05, 4.69) is 64.6 Å². The molecule has 2 fully saturated rings. The summed E-state index contributed by atoms with van der Waals surface area (Å²) in [7, 11) is 0. The van der Waals surface area contributed by atoms with E-state index in [-0.39, 0.29) is 12.1 Å². The Kier molecular flexibility index (Phi) is 8.77. The van der Waals surface area contributed by atoms with Crippen LogP contribution in [0.1, 0.15) is 38.7 Å². The lowest BCUT2D eigenvalue weighted by atomic mass is 10.0. The van der Waals surface area contributed by atoms with Crippen molar-refractivity contribution < 1.29 is 9.53 Å². The first-order chi connectivity index (χ1) is 14.1. The number of carbonyl (C=O) groups excluding carboxylic acids is 1. The number of hydrogen-bond acceptors (Lipinski definition) is 4. The van der Waals surface area contributed by atoms with Gasteiger partial charge in [0.25, 0.3) is 0 Å². The van der Waals surface area contributed by atoms with Gasteiger partial charge in [-0.3, -0.25) is 9.80 Å². The van der Waals surface area contributed by atoms with Crippen LogP contribution < -0.4 is 10.6 Å². The molecule has 2 unspecified atom stereocenters. The predicted molar refractivity (Wildman–Crippen MR) is 117 cm³/mol. The van der Waals surface area contributed by atoms with Crippen molar-refractivity contribution in [1.82, 2.24) is 20.4 Å². The Morgan fingerprint density at radius 1 is 1.14 bits per heavy atom. The number of nitrogens with zero attached hydrogens (tertiary/aromatic N) is 2. The van der Waals surface area contributed by atoms with Gasteiger partial charge in [0, 0.05) is 45.3 Å². The van der Waals surface area contributed by atoms with Crippen molar-refractivity contribution in [2.75, 3.05) is 45.9 Å². The van der Waals surface area contributed by atoms with Crippen molar-refractivity contribution in [2.45, 2.75) is 51.8 Å². The zero-order valence-corrected chi connectivity index (χ0v) is 18.1. The van der Waals surface area contributed by atoms with Gasteiger partial charge in [0.2, 0.25) is 0 Å². The van der Waals surface area contributed by atoms with Crippen molar-refractivity contribution in [3.05, 3.63) is 35.9 Å². The van der Waals surface area contributed by atoms with E-state index in [0.717, 1.165) is 45.8 Å². The highest BCUT2D eigenvalue weighted by molar-refractivity contribution is 5.73. The zero-order chi connectivity index (χ0) is 20.5. The van der Waals surface area contributed by atoms with E-state index in [1.165, 1.54) is 18.4 Å². The van der Waals surface area contributed by atoms with Crippen molar-refractivity contribution >= 4 is 6.03 Å². The molecule has 0 radical (unpaired) electrons. The first kappa shape index (κ1) is 22.1. The molecule has 0 spiro atoms. The normalized spacial score (nSPS) is 23.8. The lowest BCUT2D eigenvalue weighted by Crippen LogP contribution is -2.51. The Bertz CT molecular complexity index is 610. The van der Waals surface area contributed by atoms with Crippen molar-refractivity contribution in [3.8, 4) is 0 Å². The van der Waals surface area contributed by atoms with Crippen molar-refractivity contribution in [1.29, 1.82) is 0 Å². The molecule has 1 aromatic rings. The van der Waals surface area contributed by atoms with Gasteiger partial charge in [-0.1, -0.05) is 50.6 Å². The minimum absolute atomic E-state index is 0.0810. The highest BCUT2D eigenvalue weighted by Gasteiger charge is 2.24. The first-order valence-electron chi connectivity index (χ1n) is 11.2. The second kappa shape index (κ2) is 11.5. The highest BCUT2D eigenvalue weighted by atomic mass is 16.5. The second-order valence-corrected chi connectivity index (χ2v) is 8.84. The van der Waals surface area contributed by atoms with Crippen LogP contribution in [0.4, 0.5) is 4.79 Å². The molecule has 2 amide bonds. The van der Waals surface area contributed by atoms with Crippen molar-refractivity contribution in [3.63, 3.8) is 0 Å². The number of piperidine rings is 1. The van der Waals surface area contributed by atoms with E-state index in [1.54, 1.807) is 0 Å². The molecule has 2 saturated heterocycles. The van der Waals surface area contributed by atoms with Crippen LogP contribution in [-0.4, -0.2) is 73.9 Å². The molecule has 3 rings (SSSR count). The van der Waals surface area contributed by atoms with E-state index < -0.39 is 0 Å². The quantitative estimate of drug-likeness (QED) is 0.702. The molecule has 0 saturated carbocycles. The Balaban J connectivity index is 1.38. The number of urea groups is 1. The fraction of sp³-hybridized carbons (Fsp3) is 0.696. The van der Waals surface area contributed by atoms with E-state index in [9.17, 15) is 4.79 Å². The summed E-state index contributed by atoms with van der Waals surface area (Å²) in [4.78, 5) is 17.3. The summed E-state index contributed by atoms with van der Waals surface area (Å²) in [6, 6.07) is 10.9. The molecule has 2 N–H and O–H groups in total. The number of ether oxygens (including phenoxy) is 1. The summed E-state index contributed by atoms with van der Waals surface area (Å²) >= 11 is 0. The molecule has 6 heteroatoms. The Morgan fingerprint density at radius 3 is 2.72 bits per heavy atom. The molecule has 0 aliphatic carbocycles. The number of morpholine rings is 1. The largest absolute Gasteiger partial charge is 0.374 e. The van der Waals surface area contributed by atoms with Gasteiger partial charge in [-0.2, -0.15) is 0 Å². The average molecular weight is 403 g/mol. The molecule has 2 heterocycles. The molecule has 162 valence electrons. The van der Waals surface area contributed by atoms with Gasteiger partial charge in [0.15, 0.2) is 0 Å². The lowest BCUT2D eigenvalue weighted by Gasteiger charge is -2.36. The number of benzene rings is 1. The molecular weight excluding hydrogens is 364 g/mol. The maximum atomic E-state index is 12.3. The summed E-state index contributed by atoms with van der Waals surface area (Å²) in [5.74, 6) is 0.652. The molecule has 0 aromatic heterocycles. The van der Waals surface area contributed by atoms with Gasteiger partial charge >= 0.3 is 6.03 Å². The zero-order valence-electron chi connectivity index (χ0n) is 18.1. The van der Waals surface area contributed by atoms with E-state index in [4.69, 9.17) is 4.74 Å². The van der Waals surface area contributed by atoms with E-state index >= 15 is 0 Å². The van der Waals surface area contributed by atoms with Gasteiger partial charge in [0.05, 0.1) is 12.7 Å². The van der Waals surface area contributed by atoms with Crippen LogP contribution in [0.25, 0.3) is 0 Å². The number of hydrogen-bond donors (Lipinski definition) is 2. The summed E-state index contributed by atoms with van der Waals surface area (Å²) in [6.45, 7) is 11.5. The SMILES string of the molecule is CC(C)CN1CCOC(CNC(=O)NCC2CCCCN2Cc2ccccc2)C1. The third kappa shape index (κ3) is 7.61. The highest BCUT2D eigenvalue weighted by Crippen LogP contribution is 2.19. The minimum atomic E-state index is -0.0835. The summed E-state index contributed by atoms with van der Waals surface area (Å²) in [6.07, 6.45) is 3.70. The number of nitrogens with one attached hydrogen (secondary N) is 2. The Labute approximate surface area is 176 Å².